The summed E-state index contributed by atoms with van der Waals surface area (Å²) in [5.41, 5.74) is 3.01. The number of halogens is 2. The Morgan fingerprint density at radius 2 is 1.68 bits per heavy atom. The highest BCUT2D eigenvalue weighted by Gasteiger charge is 2.15. The summed E-state index contributed by atoms with van der Waals surface area (Å²) in [6, 6.07) is 15.6. The number of hydrogen-bond acceptors (Lipinski definition) is 3. The maximum absolute atomic E-state index is 6.14. The molecule has 0 N–H and O–H groups in total. The molecule has 2 heterocycles. The Morgan fingerprint density at radius 1 is 0.864 bits per heavy atom. The molecule has 0 saturated carbocycles. The lowest BCUT2D eigenvalue weighted by molar-refractivity contribution is 1.11. The van der Waals surface area contributed by atoms with Crippen LogP contribution in [-0.4, -0.2) is 14.6 Å². The van der Waals surface area contributed by atoms with Gasteiger partial charge in [0.05, 0.1) is 15.7 Å². The van der Waals surface area contributed by atoms with Crippen molar-refractivity contribution in [1.29, 1.82) is 0 Å². The van der Waals surface area contributed by atoms with Gasteiger partial charge in [-0.2, -0.15) is 0 Å². The molecule has 2 aromatic heterocycles. The van der Waals surface area contributed by atoms with Crippen molar-refractivity contribution in [3.05, 3.63) is 64.0 Å². The minimum atomic E-state index is 0.535. The molecular formula is C16H9Cl2N3S. The van der Waals surface area contributed by atoms with Crippen molar-refractivity contribution in [2.24, 2.45) is 0 Å². The SMILES string of the molecule is Clc1ccc(-c2csc3nnc(-c4ccccc4)n23)cc1Cl. The molecule has 4 aromatic rings. The summed E-state index contributed by atoms with van der Waals surface area (Å²) in [5.74, 6) is 0.818. The van der Waals surface area contributed by atoms with Gasteiger partial charge in [-0.05, 0) is 12.1 Å². The van der Waals surface area contributed by atoms with E-state index < -0.39 is 0 Å². The largest absolute Gasteiger partial charge is 0.265 e. The third-order valence-corrected chi connectivity index (χ3v) is 4.95. The molecule has 6 heteroatoms. The van der Waals surface area contributed by atoms with Crippen molar-refractivity contribution >= 4 is 39.5 Å². The highest BCUT2D eigenvalue weighted by Crippen LogP contribution is 2.33. The highest BCUT2D eigenvalue weighted by atomic mass is 35.5. The van der Waals surface area contributed by atoms with Crippen LogP contribution in [0, 0.1) is 0 Å². The molecular weight excluding hydrogens is 337 g/mol. The van der Waals surface area contributed by atoms with Crippen LogP contribution in [0.15, 0.2) is 53.9 Å². The maximum atomic E-state index is 6.14. The molecule has 22 heavy (non-hydrogen) atoms. The zero-order valence-corrected chi connectivity index (χ0v) is 13.5. The Kier molecular flexibility index (Phi) is 3.37. The average molecular weight is 346 g/mol. The highest BCUT2D eigenvalue weighted by molar-refractivity contribution is 7.15. The fourth-order valence-corrected chi connectivity index (χ4v) is 3.49. The first kappa shape index (κ1) is 13.8. The first-order chi connectivity index (χ1) is 10.7. The molecule has 0 aliphatic heterocycles. The topological polar surface area (TPSA) is 30.2 Å². The molecule has 0 aliphatic carbocycles. The fourth-order valence-electron chi connectivity index (χ4n) is 2.35. The smallest absolute Gasteiger partial charge is 0.216 e. The molecule has 0 radical (unpaired) electrons. The van der Waals surface area contributed by atoms with Crippen LogP contribution in [-0.2, 0) is 0 Å². The van der Waals surface area contributed by atoms with Crippen LogP contribution >= 0.6 is 34.5 Å². The molecule has 0 amide bonds. The van der Waals surface area contributed by atoms with E-state index in [4.69, 9.17) is 23.2 Å². The third-order valence-electron chi connectivity index (χ3n) is 3.40. The van der Waals surface area contributed by atoms with Crippen LogP contribution in [0.3, 0.4) is 0 Å². The predicted molar refractivity (Wildman–Crippen MR) is 91.8 cm³/mol. The zero-order valence-electron chi connectivity index (χ0n) is 11.2. The van der Waals surface area contributed by atoms with Gasteiger partial charge in [-0.15, -0.1) is 21.5 Å². The maximum Gasteiger partial charge on any atom is 0.216 e. The molecule has 0 fully saturated rings. The summed E-state index contributed by atoms with van der Waals surface area (Å²) in [4.78, 5) is 0.847. The lowest BCUT2D eigenvalue weighted by Crippen LogP contribution is -1.91. The molecule has 0 aliphatic rings. The van der Waals surface area contributed by atoms with Crippen molar-refractivity contribution in [3.63, 3.8) is 0 Å². The van der Waals surface area contributed by atoms with Crippen molar-refractivity contribution in [1.82, 2.24) is 14.6 Å². The Labute approximate surface area is 140 Å². The van der Waals surface area contributed by atoms with E-state index in [0.29, 0.717) is 10.0 Å². The number of aromatic nitrogens is 3. The van der Waals surface area contributed by atoms with Gasteiger partial charge in [0.15, 0.2) is 5.82 Å². The first-order valence-corrected chi connectivity index (χ1v) is 8.21. The van der Waals surface area contributed by atoms with Crippen LogP contribution in [0.5, 0.6) is 0 Å². The van der Waals surface area contributed by atoms with Crippen LogP contribution in [0.4, 0.5) is 0 Å². The zero-order chi connectivity index (χ0) is 15.1. The minimum absolute atomic E-state index is 0.535. The number of fused-ring (bicyclic) bond motifs is 1. The van der Waals surface area contributed by atoms with Gasteiger partial charge in [0, 0.05) is 16.5 Å². The van der Waals surface area contributed by atoms with E-state index in [1.807, 2.05) is 46.9 Å². The predicted octanol–water partition coefficient (Wildman–Crippen LogP) is 5.43. The summed E-state index contributed by atoms with van der Waals surface area (Å²) in [5, 5.41) is 11.7. The van der Waals surface area contributed by atoms with Crippen molar-refractivity contribution in [3.8, 4) is 22.6 Å². The number of rotatable bonds is 2. The molecule has 2 aromatic carbocycles. The number of benzene rings is 2. The Morgan fingerprint density at radius 3 is 2.45 bits per heavy atom. The lowest BCUT2D eigenvalue weighted by Gasteiger charge is -2.04. The summed E-state index contributed by atoms with van der Waals surface area (Å²) in [7, 11) is 0. The summed E-state index contributed by atoms with van der Waals surface area (Å²) in [6.07, 6.45) is 0. The molecule has 3 nitrogen and oxygen atoms in total. The second-order valence-corrected chi connectivity index (χ2v) is 6.41. The van der Waals surface area contributed by atoms with Gasteiger partial charge in [0.2, 0.25) is 4.96 Å². The van der Waals surface area contributed by atoms with E-state index in [1.54, 1.807) is 17.4 Å². The Balaban J connectivity index is 1.96. The van der Waals surface area contributed by atoms with E-state index in [0.717, 1.165) is 27.6 Å². The van der Waals surface area contributed by atoms with Crippen molar-refractivity contribution in [2.75, 3.05) is 0 Å². The third kappa shape index (κ3) is 2.20. The Hall–Kier alpha value is -1.88. The van der Waals surface area contributed by atoms with Crippen molar-refractivity contribution < 1.29 is 0 Å². The van der Waals surface area contributed by atoms with E-state index in [-0.39, 0.29) is 0 Å². The lowest BCUT2D eigenvalue weighted by atomic mass is 10.1. The summed E-state index contributed by atoms with van der Waals surface area (Å²) < 4.78 is 2.04. The van der Waals surface area contributed by atoms with Crippen LogP contribution < -0.4 is 0 Å². The molecule has 108 valence electrons. The molecule has 4 rings (SSSR count). The van der Waals surface area contributed by atoms with Gasteiger partial charge in [-0.25, -0.2) is 0 Å². The number of thiazole rings is 1. The van der Waals surface area contributed by atoms with E-state index in [9.17, 15) is 0 Å². The molecule has 0 bridgehead atoms. The van der Waals surface area contributed by atoms with E-state index >= 15 is 0 Å². The van der Waals surface area contributed by atoms with Gasteiger partial charge in [0.25, 0.3) is 0 Å². The normalized spacial score (nSPS) is 11.2. The summed E-state index contributed by atoms with van der Waals surface area (Å²) >= 11 is 13.7. The summed E-state index contributed by atoms with van der Waals surface area (Å²) in [6.45, 7) is 0. The minimum Gasteiger partial charge on any atom is -0.265 e. The van der Waals surface area contributed by atoms with Gasteiger partial charge >= 0.3 is 0 Å². The monoisotopic (exact) mass is 345 g/mol. The van der Waals surface area contributed by atoms with Gasteiger partial charge in [0.1, 0.15) is 0 Å². The second-order valence-electron chi connectivity index (χ2n) is 4.76. The Bertz CT molecular complexity index is 960. The number of hydrogen-bond donors (Lipinski definition) is 0. The quantitative estimate of drug-likeness (QED) is 0.484. The van der Waals surface area contributed by atoms with Crippen LogP contribution in [0.25, 0.3) is 27.6 Å². The van der Waals surface area contributed by atoms with Gasteiger partial charge in [-0.3, -0.25) is 4.40 Å². The number of nitrogens with zero attached hydrogens (tertiary/aromatic N) is 3. The average Bonchev–Trinajstić information content (AvgIpc) is 3.13. The first-order valence-electron chi connectivity index (χ1n) is 6.57. The second kappa shape index (κ2) is 5.39. The van der Waals surface area contributed by atoms with Crippen LogP contribution in [0.1, 0.15) is 0 Å². The van der Waals surface area contributed by atoms with E-state index in [1.165, 1.54) is 0 Å². The standard InChI is InChI=1S/C16H9Cl2N3S/c17-12-7-6-11(8-13(12)18)14-9-22-16-20-19-15(21(14)16)10-4-2-1-3-5-10/h1-9H. The van der Waals surface area contributed by atoms with Gasteiger partial charge in [-0.1, -0.05) is 59.6 Å². The molecule has 0 unspecified atom stereocenters. The fraction of sp³-hybridized carbons (Fsp3) is 0. The van der Waals surface area contributed by atoms with Crippen molar-refractivity contribution in [2.45, 2.75) is 0 Å². The van der Waals surface area contributed by atoms with E-state index in [2.05, 4.69) is 15.6 Å². The van der Waals surface area contributed by atoms with Crippen LogP contribution in [0.2, 0.25) is 10.0 Å². The molecule has 0 atom stereocenters. The van der Waals surface area contributed by atoms with Gasteiger partial charge < -0.3 is 0 Å². The molecule has 0 saturated heterocycles. The molecule has 0 spiro atoms.